The van der Waals surface area contributed by atoms with Crippen LogP contribution in [0.25, 0.3) is 0 Å². The summed E-state index contributed by atoms with van der Waals surface area (Å²) in [6.07, 6.45) is 13.9. The number of epoxide rings is 1. The molecule has 0 aromatic rings. The molecule has 20 heavy (non-hydrogen) atoms. The quantitative estimate of drug-likeness (QED) is 0.281. The van der Waals surface area contributed by atoms with Crippen molar-refractivity contribution in [2.24, 2.45) is 0 Å². The molecule has 1 rings (SSSR count). The van der Waals surface area contributed by atoms with Crippen molar-refractivity contribution in [2.75, 3.05) is 6.61 Å². The van der Waals surface area contributed by atoms with Gasteiger partial charge in [-0.3, -0.25) is 4.79 Å². The van der Waals surface area contributed by atoms with Crippen molar-refractivity contribution in [1.82, 2.24) is 0 Å². The van der Waals surface area contributed by atoms with Crippen LogP contribution >= 0.6 is 0 Å². The summed E-state index contributed by atoms with van der Waals surface area (Å²) in [5, 5.41) is 0. The van der Waals surface area contributed by atoms with Gasteiger partial charge in [0, 0.05) is 6.42 Å². The first kappa shape index (κ1) is 17.5. The van der Waals surface area contributed by atoms with Crippen molar-refractivity contribution in [3.63, 3.8) is 0 Å². The summed E-state index contributed by atoms with van der Waals surface area (Å²) >= 11 is 0. The Morgan fingerprint density at radius 2 is 1.55 bits per heavy atom. The number of hydrogen-bond donors (Lipinski definition) is 0. The minimum atomic E-state index is -0.0247. The summed E-state index contributed by atoms with van der Waals surface area (Å²) in [6, 6.07) is 0. The molecule has 1 aliphatic heterocycles. The van der Waals surface area contributed by atoms with Gasteiger partial charge < -0.3 is 9.47 Å². The van der Waals surface area contributed by atoms with Gasteiger partial charge in [0.05, 0.1) is 18.8 Å². The van der Waals surface area contributed by atoms with E-state index in [4.69, 9.17) is 9.47 Å². The Kier molecular flexibility index (Phi) is 9.73. The minimum absolute atomic E-state index is 0.0247. The third-order valence-corrected chi connectivity index (χ3v) is 3.92. The van der Waals surface area contributed by atoms with Gasteiger partial charge in [0.2, 0.25) is 0 Å². The fourth-order valence-electron chi connectivity index (χ4n) is 2.50. The standard InChI is InChI=1S/C17H32O3/c1-3-14-19-17(18)13-11-9-7-5-4-6-8-10-12-16-15(2)20-16/h15-16H,3-14H2,1-2H3. The van der Waals surface area contributed by atoms with E-state index in [0.717, 1.165) is 19.3 Å². The lowest BCUT2D eigenvalue weighted by molar-refractivity contribution is -0.143. The van der Waals surface area contributed by atoms with E-state index in [-0.39, 0.29) is 5.97 Å². The van der Waals surface area contributed by atoms with Crippen molar-refractivity contribution in [2.45, 2.75) is 96.7 Å². The summed E-state index contributed by atoms with van der Waals surface area (Å²) in [7, 11) is 0. The molecule has 0 N–H and O–H groups in total. The molecule has 3 nitrogen and oxygen atoms in total. The van der Waals surface area contributed by atoms with Crippen LogP contribution in [-0.4, -0.2) is 24.8 Å². The molecule has 0 aromatic heterocycles. The largest absolute Gasteiger partial charge is 0.466 e. The van der Waals surface area contributed by atoms with Gasteiger partial charge in [0.1, 0.15) is 0 Å². The number of hydrogen-bond acceptors (Lipinski definition) is 3. The Morgan fingerprint density at radius 1 is 1.00 bits per heavy atom. The lowest BCUT2D eigenvalue weighted by Crippen LogP contribution is -2.04. The monoisotopic (exact) mass is 284 g/mol. The highest BCUT2D eigenvalue weighted by atomic mass is 16.6. The Balaban J connectivity index is 1.71. The van der Waals surface area contributed by atoms with Crippen molar-refractivity contribution in [3.8, 4) is 0 Å². The molecule has 2 atom stereocenters. The highest BCUT2D eigenvalue weighted by Crippen LogP contribution is 2.26. The molecule has 0 saturated carbocycles. The molecule has 0 spiro atoms. The van der Waals surface area contributed by atoms with Gasteiger partial charge in [-0.15, -0.1) is 0 Å². The molecule has 118 valence electrons. The molecular formula is C17H32O3. The maximum atomic E-state index is 11.3. The van der Waals surface area contributed by atoms with E-state index in [1.165, 1.54) is 44.9 Å². The van der Waals surface area contributed by atoms with E-state index >= 15 is 0 Å². The van der Waals surface area contributed by atoms with Crippen molar-refractivity contribution in [1.29, 1.82) is 0 Å². The third kappa shape index (κ3) is 9.35. The number of unbranched alkanes of at least 4 members (excludes halogenated alkanes) is 7. The lowest BCUT2D eigenvalue weighted by Gasteiger charge is -2.03. The van der Waals surface area contributed by atoms with Gasteiger partial charge in [-0.1, -0.05) is 51.9 Å². The second kappa shape index (κ2) is 11.1. The van der Waals surface area contributed by atoms with Gasteiger partial charge >= 0.3 is 5.97 Å². The Labute approximate surface area is 124 Å². The molecule has 0 radical (unpaired) electrons. The summed E-state index contributed by atoms with van der Waals surface area (Å²) in [5.74, 6) is -0.0247. The molecule has 1 heterocycles. The van der Waals surface area contributed by atoms with E-state index in [9.17, 15) is 4.79 Å². The van der Waals surface area contributed by atoms with E-state index in [2.05, 4.69) is 6.92 Å². The van der Waals surface area contributed by atoms with Gasteiger partial charge in [0.25, 0.3) is 0 Å². The predicted octanol–water partition coefficient (Wildman–Crippen LogP) is 4.63. The maximum absolute atomic E-state index is 11.3. The molecule has 1 saturated heterocycles. The minimum Gasteiger partial charge on any atom is -0.466 e. The highest BCUT2D eigenvalue weighted by Gasteiger charge is 2.32. The van der Waals surface area contributed by atoms with Crippen molar-refractivity contribution in [3.05, 3.63) is 0 Å². The smallest absolute Gasteiger partial charge is 0.305 e. The lowest BCUT2D eigenvalue weighted by atomic mass is 10.1. The van der Waals surface area contributed by atoms with Crippen LogP contribution in [0.2, 0.25) is 0 Å². The fraction of sp³-hybridized carbons (Fsp3) is 0.941. The van der Waals surface area contributed by atoms with E-state index < -0.39 is 0 Å². The first-order valence-electron chi connectivity index (χ1n) is 8.55. The van der Waals surface area contributed by atoms with Crippen LogP contribution in [0.5, 0.6) is 0 Å². The average Bonchev–Trinajstić information content (AvgIpc) is 3.14. The van der Waals surface area contributed by atoms with Gasteiger partial charge in [-0.2, -0.15) is 0 Å². The summed E-state index contributed by atoms with van der Waals surface area (Å²) in [6.45, 7) is 4.75. The second-order valence-corrected chi connectivity index (χ2v) is 5.97. The van der Waals surface area contributed by atoms with E-state index in [1.54, 1.807) is 0 Å². The summed E-state index contributed by atoms with van der Waals surface area (Å²) in [4.78, 5) is 11.3. The zero-order valence-electron chi connectivity index (χ0n) is 13.4. The number of carbonyl (C=O) groups is 1. The topological polar surface area (TPSA) is 38.8 Å². The number of ether oxygens (including phenoxy) is 2. The van der Waals surface area contributed by atoms with Crippen LogP contribution in [0.3, 0.4) is 0 Å². The SMILES string of the molecule is CCCOC(=O)CCCCCCCCCCC1OC1C. The van der Waals surface area contributed by atoms with Gasteiger partial charge in [-0.05, 0) is 26.2 Å². The highest BCUT2D eigenvalue weighted by molar-refractivity contribution is 5.69. The maximum Gasteiger partial charge on any atom is 0.305 e. The van der Waals surface area contributed by atoms with Crippen LogP contribution in [0.1, 0.15) is 84.5 Å². The number of rotatable bonds is 13. The summed E-state index contributed by atoms with van der Waals surface area (Å²) < 4.78 is 10.4. The molecule has 1 fully saturated rings. The third-order valence-electron chi connectivity index (χ3n) is 3.92. The van der Waals surface area contributed by atoms with E-state index in [0.29, 0.717) is 25.2 Å². The van der Waals surface area contributed by atoms with Crippen molar-refractivity contribution < 1.29 is 14.3 Å². The van der Waals surface area contributed by atoms with Crippen molar-refractivity contribution >= 4 is 5.97 Å². The fourth-order valence-corrected chi connectivity index (χ4v) is 2.50. The van der Waals surface area contributed by atoms with Crippen LogP contribution in [0.4, 0.5) is 0 Å². The normalized spacial score (nSPS) is 20.9. The van der Waals surface area contributed by atoms with E-state index in [1.807, 2.05) is 6.92 Å². The zero-order valence-corrected chi connectivity index (χ0v) is 13.4. The number of carbonyl (C=O) groups excluding carboxylic acids is 1. The van der Waals surface area contributed by atoms with Crippen LogP contribution in [0.15, 0.2) is 0 Å². The Hall–Kier alpha value is -0.570. The first-order valence-corrected chi connectivity index (χ1v) is 8.55. The molecule has 0 bridgehead atoms. The van der Waals surface area contributed by atoms with Gasteiger partial charge in [0.15, 0.2) is 0 Å². The average molecular weight is 284 g/mol. The molecule has 3 heteroatoms. The van der Waals surface area contributed by atoms with Gasteiger partial charge in [-0.25, -0.2) is 0 Å². The van der Waals surface area contributed by atoms with Crippen LogP contribution in [-0.2, 0) is 14.3 Å². The summed E-state index contributed by atoms with van der Waals surface area (Å²) in [5.41, 5.74) is 0. The molecule has 0 aromatic carbocycles. The predicted molar refractivity (Wildman–Crippen MR) is 81.8 cm³/mol. The zero-order chi connectivity index (χ0) is 14.6. The first-order chi connectivity index (χ1) is 9.74. The second-order valence-electron chi connectivity index (χ2n) is 5.97. The molecule has 0 aliphatic carbocycles. The Bertz CT molecular complexity index is 253. The van der Waals surface area contributed by atoms with Crippen LogP contribution in [0, 0.1) is 0 Å². The Morgan fingerprint density at radius 3 is 2.10 bits per heavy atom. The molecule has 0 amide bonds. The molecular weight excluding hydrogens is 252 g/mol. The number of esters is 1. The molecule has 1 aliphatic rings. The molecule has 2 unspecified atom stereocenters. The van der Waals surface area contributed by atoms with Crippen LogP contribution < -0.4 is 0 Å².